The van der Waals surface area contributed by atoms with Crippen molar-refractivity contribution >= 4 is 29.3 Å². The van der Waals surface area contributed by atoms with E-state index in [1.54, 1.807) is 23.3 Å². The fourth-order valence-electron chi connectivity index (χ4n) is 1.59. The lowest BCUT2D eigenvalue weighted by atomic mass is 10.3. The molecule has 0 aliphatic carbocycles. The molecule has 0 aliphatic heterocycles. The molecular weight excluding hydrogens is 296 g/mol. The Morgan fingerprint density at radius 3 is 2.95 bits per heavy atom. The zero-order valence-corrected chi connectivity index (χ0v) is 13.0. The van der Waals surface area contributed by atoms with Gasteiger partial charge in [-0.05, 0) is 36.5 Å². The third-order valence-electron chi connectivity index (χ3n) is 2.61. The highest BCUT2D eigenvalue weighted by Crippen LogP contribution is 2.12. The lowest BCUT2D eigenvalue weighted by Crippen LogP contribution is -2.19. The molecule has 0 fully saturated rings. The van der Waals surface area contributed by atoms with Crippen LogP contribution in [0.15, 0.2) is 18.7 Å². The maximum Gasteiger partial charge on any atom is 0.241 e. The summed E-state index contributed by atoms with van der Waals surface area (Å²) in [5.41, 5.74) is 0. The Bertz CT molecular complexity index is 533. The topological polar surface area (TPSA) is 68.5 Å². The normalized spacial score (nSPS) is 12.3. The highest BCUT2D eigenvalue weighted by molar-refractivity contribution is 7.99. The van der Waals surface area contributed by atoms with E-state index in [1.807, 2.05) is 11.8 Å². The average Bonchev–Trinajstić information content (AvgIpc) is 2.92. The van der Waals surface area contributed by atoms with Gasteiger partial charge in [0.05, 0.1) is 0 Å². The van der Waals surface area contributed by atoms with Crippen molar-refractivity contribution in [2.75, 3.05) is 16.8 Å². The van der Waals surface area contributed by atoms with Crippen LogP contribution in [-0.4, -0.2) is 42.1 Å². The Morgan fingerprint density at radius 2 is 2.25 bits per heavy atom. The molecule has 0 bridgehead atoms. The lowest BCUT2D eigenvalue weighted by Gasteiger charge is -2.13. The molecule has 2 rings (SSSR count). The molecule has 20 heavy (non-hydrogen) atoms. The van der Waals surface area contributed by atoms with Gasteiger partial charge >= 0.3 is 0 Å². The van der Waals surface area contributed by atoms with Crippen molar-refractivity contribution in [3.8, 4) is 5.95 Å². The molecule has 2 aromatic heterocycles. The van der Waals surface area contributed by atoms with Crippen LogP contribution in [0.5, 0.6) is 0 Å². The summed E-state index contributed by atoms with van der Waals surface area (Å²) in [6, 6.07) is 0.281. The van der Waals surface area contributed by atoms with E-state index < -0.39 is 0 Å². The van der Waals surface area contributed by atoms with Crippen LogP contribution in [0.25, 0.3) is 5.95 Å². The zero-order valence-electron chi connectivity index (χ0n) is 11.5. The van der Waals surface area contributed by atoms with Crippen molar-refractivity contribution in [1.29, 1.82) is 0 Å². The Hall–Kier alpha value is -1.34. The number of hydrogen-bond donors (Lipinski definition) is 1. The summed E-state index contributed by atoms with van der Waals surface area (Å²) in [7, 11) is 0. The van der Waals surface area contributed by atoms with Gasteiger partial charge in [-0.25, -0.2) is 4.98 Å². The molecule has 0 aliphatic rings. The third-order valence-corrected chi connectivity index (χ3v) is 3.71. The number of thioether (sulfide) groups is 1. The van der Waals surface area contributed by atoms with E-state index in [-0.39, 0.29) is 11.3 Å². The molecule has 0 saturated carbocycles. The molecule has 8 heteroatoms. The lowest BCUT2D eigenvalue weighted by molar-refractivity contribution is 0.753. The summed E-state index contributed by atoms with van der Waals surface area (Å²) in [5.74, 6) is 3.19. The Labute approximate surface area is 127 Å². The number of halogens is 1. The van der Waals surface area contributed by atoms with E-state index in [9.17, 15) is 0 Å². The number of nitrogens with zero attached hydrogens (tertiary/aromatic N) is 5. The van der Waals surface area contributed by atoms with Crippen LogP contribution in [0, 0.1) is 0 Å². The maximum absolute atomic E-state index is 5.94. The standard InChI is InChI=1S/C12H17ClN6S/c1-3-20-7-4-9(2)15-11-16-10(13)17-12(18-11)19-6-5-14-8-19/h5-6,8-9H,3-4,7H2,1-2H3,(H,15,16,17,18). The minimum absolute atomic E-state index is 0.168. The van der Waals surface area contributed by atoms with Gasteiger partial charge in [0, 0.05) is 18.4 Å². The summed E-state index contributed by atoms with van der Waals surface area (Å²) in [6.07, 6.45) is 6.09. The monoisotopic (exact) mass is 312 g/mol. The molecule has 0 saturated heterocycles. The SMILES string of the molecule is CCSCCC(C)Nc1nc(Cl)nc(-n2ccnc2)n1. The molecule has 2 aromatic rings. The van der Waals surface area contributed by atoms with Gasteiger partial charge in [0.2, 0.25) is 17.2 Å². The third kappa shape index (κ3) is 4.35. The van der Waals surface area contributed by atoms with E-state index >= 15 is 0 Å². The Kier molecular flexibility index (Phi) is 5.60. The van der Waals surface area contributed by atoms with Gasteiger partial charge in [0.25, 0.3) is 0 Å². The van der Waals surface area contributed by atoms with Gasteiger partial charge in [-0.15, -0.1) is 0 Å². The number of nitrogens with one attached hydrogen (secondary N) is 1. The first-order valence-electron chi connectivity index (χ1n) is 6.43. The quantitative estimate of drug-likeness (QED) is 0.793. The van der Waals surface area contributed by atoms with E-state index in [2.05, 4.69) is 39.1 Å². The predicted octanol–water partition coefficient (Wildman–Crippen LogP) is 2.65. The molecule has 1 N–H and O–H groups in total. The first-order valence-corrected chi connectivity index (χ1v) is 7.96. The van der Waals surface area contributed by atoms with E-state index in [0.717, 1.165) is 17.9 Å². The second-order valence-electron chi connectivity index (χ2n) is 4.23. The molecule has 1 unspecified atom stereocenters. The average molecular weight is 313 g/mol. The van der Waals surface area contributed by atoms with Crippen molar-refractivity contribution in [3.63, 3.8) is 0 Å². The van der Waals surface area contributed by atoms with Crippen molar-refractivity contribution in [3.05, 3.63) is 24.0 Å². The molecular formula is C12H17ClN6S. The van der Waals surface area contributed by atoms with Gasteiger partial charge in [0.1, 0.15) is 6.33 Å². The van der Waals surface area contributed by atoms with E-state index in [0.29, 0.717) is 11.9 Å². The number of aromatic nitrogens is 5. The van der Waals surface area contributed by atoms with E-state index in [4.69, 9.17) is 11.6 Å². The minimum Gasteiger partial charge on any atom is -0.352 e. The van der Waals surface area contributed by atoms with Gasteiger partial charge in [-0.1, -0.05) is 6.92 Å². The molecule has 108 valence electrons. The van der Waals surface area contributed by atoms with Crippen LogP contribution < -0.4 is 5.32 Å². The van der Waals surface area contributed by atoms with Crippen LogP contribution in [0.1, 0.15) is 20.3 Å². The van der Waals surface area contributed by atoms with Gasteiger partial charge in [-0.2, -0.15) is 26.7 Å². The fourth-order valence-corrected chi connectivity index (χ4v) is 2.56. The number of hydrogen-bond acceptors (Lipinski definition) is 6. The zero-order chi connectivity index (χ0) is 14.4. The van der Waals surface area contributed by atoms with Gasteiger partial charge in [0.15, 0.2) is 0 Å². The maximum atomic E-state index is 5.94. The molecule has 1 atom stereocenters. The van der Waals surface area contributed by atoms with Crippen molar-refractivity contribution in [2.24, 2.45) is 0 Å². The number of rotatable bonds is 7. The summed E-state index contributed by atoms with van der Waals surface area (Å²) >= 11 is 7.86. The summed E-state index contributed by atoms with van der Waals surface area (Å²) in [5, 5.41) is 3.42. The largest absolute Gasteiger partial charge is 0.352 e. The first kappa shape index (κ1) is 15.1. The van der Waals surface area contributed by atoms with Crippen molar-refractivity contribution in [2.45, 2.75) is 26.3 Å². The van der Waals surface area contributed by atoms with Crippen LogP contribution in [-0.2, 0) is 0 Å². The number of imidazole rings is 1. The second-order valence-corrected chi connectivity index (χ2v) is 5.96. The molecule has 0 aromatic carbocycles. The van der Waals surface area contributed by atoms with Crippen molar-refractivity contribution < 1.29 is 0 Å². The van der Waals surface area contributed by atoms with Crippen molar-refractivity contribution in [1.82, 2.24) is 24.5 Å². The fraction of sp³-hybridized carbons (Fsp3) is 0.500. The first-order chi connectivity index (χ1) is 9.69. The summed E-state index contributed by atoms with van der Waals surface area (Å²) < 4.78 is 1.69. The Balaban J connectivity index is 2.05. The summed E-state index contributed by atoms with van der Waals surface area (Å²) in [6.45, 7) is 4.26. The van der Waals surface area contributed by atoms with Crippen LogP contribution in [0.2, 0.25) is 5.28 Å². The molecule has 2 heterocycles. The number of anilines is 1. The van der Waals surface area contributed by atoms with Crippen LogP contribution in [0.4, 0.5) is 5.95 Å². The molecule has 6 nitrogen and oxygen atoms in total. The minimum atomic E-state index is 0.168. The smallest absolute Gasteiger partial charge is 0.241 e. The summed E-state index contributed by atoms with van der Waals surface area (Å²) in [4.78, 5) is 16.5. The molecule has 0 radical (unpaired) electrons. The second kappa shape index (κ2) is 7.44. The molecule has 0 spiro atoms. The van der Waals surface area contributed by atoms with E-state index in [1.165, 1.54) is 0 Å². The van der Waals surface area contributed by atoms with Gasteiger partial charge < -0.3 is 5.32 Å². The highest BCUT2D eigenvalue weighted by atomic mass is 35.5. The van der Waals surface area contributed by atoms with Gasteiger partial charge in [-0.3, -0.25) is 4.57 Å². The molecule has 0 amide bonds. The van der Waals surface area contributed by atoms with Crippen LogP contribution in [0.3, 0.4) is 0 Å². The highest BCUT2D eigenvalue weighted by Gasteiger charge is 2.09. The predicted molar refractivity (Wildman–Crippen MR) is 82.7 cm³/mol. The Morgan fingerprint density at radius 1 is 1.40 bits per heavy atom. The van der Waals surface area contributed by atoms with Crippen LogP contribution >= 0.6 is 23.4 Å².